The Labute approximate surface area is 85.3 Å². The molecule has 14 heavy (non-hydrogen) atoms. The third-order valence-corrected chi connectivity index (χ3v) is 2.65. The lowest BCUT2D eigenvalue weighted by Crippen LogP contribution is -2.49. The van der Waals surface area contributed by atoms with Gasteiger partial charge in [-0.05, 0) is 39.2 Å². The Morgan fingerprint density at radius 1 is 1.36 bits per heavy atom. The van der Waals surface area contributed by atoms with Crippen molar-refractivity contribution >= 4 is 12.9 Å². The van der Waals surface area contributed by atoms with E-state index in [0.29, 0.717) is 7.48 Å². The Kier molecular flexibility index (Phi) is 3.07. The number of furan rings is 1. The summed E-state index contributed by atoms with van der Waals surface area (Å²) >= 11 is 0. The second-order valence-electron chi connectivity index (χ2n) is 4.49. The highest BCUT2D eigenvalue weighted by molar-refractivity contribution is 6.46. The molecule has 0 saturated carbocycles. The number of aliphatic hydroxyl groups is 1. The summed E-state index contributed by atoms with van der Waals surface area (Å²) in [5, 5.41) is 9.83. The number of rotatable bonds is 4. The van der Waals surface area contributed by atoms with Crippen molar-refractivity contribution in [3.63, 3.8) is 0 Å². The minimum absolute atomic E-state index is 0.452. The van der Waals surface area contributed by atoms with Crippen LogP contribution in [-0.2, 0) is 4.65 Å². The minimum atomic E-state index is -0.864. The van der Waals surface area contributed by atoms with Crippen LogP contribution in [0.25, 0.3) is 0 Å². The molecule has 0 atom stereocenters. The van der Waals surface area contributed by atoms with Gasteiger partial charge in [-0.2, -0.15) is 0 Å². The maximum absolute atomic E-state index is 9.83. The van der Waals surface area contributed by atoms with E-state index in [-0.39, 0.29) is 0 Å². The highest BCUT2D eigenvalue weighted by atomic mass is 16.5. The van der Waals surface area contributed by atoms with Crippen molar-refractivity contribution in [3.05, 3.63) is 18.6 Å². The normalized spacial score (nSPS) is 12.9. The SMILES string of the molecule is CC(C)(O)C(C)(C)OBc1ccoc1. The zero-order valence-electron chi connectivity index (χ0n) is 9.20. The highest BCUT2D eigenvalue weighted by Gasteiger charge is 2.35. The summed E-state index contributed by atoms with van der Waals surface area (Å²) in [6, 6.07) is 1.85. The summed E-state index contributed by atoms with van der Waals surface area (Å²) in [6.07, 6.45) is 3.25. The molecule has 0 unspecified atom stereocenters. The largest absolute Gasteiger partial charge is 0.473 e. The summed E-state index contributed by atoms with van der Waals surface area (Å²) in [6.45, 7) is 7.21. The van der Waals surface area contributed by atoms with Crippen molar-refractivity contribution in [2.45, 2.75) is 38.9 Å². The molecule has 1 N–H and O–H groups in total. The fourth-order valence-corrected chi connectivity index (χ4v) is 0.815. The summed E-state index contributed by atoms with van der Waals surface area (Å²) in [5.41, 5.74) is -0.469. The monoisotopic (exact) mass is 196 g/mol. The van der Waals surface area contributed by atoms with E-state index < -0.39 is 11.2 Å². The average molecular weight is 196 g/mol. The molecule has 0 saturated heterocycles. The van der Waals surface area contributed by atoms with Crippen LogP contribution in [0.4, 0.5) is 0 Å². The van der Waals surface area contributed by atoms with E-state index in [1.807, 2.05) is 19.9 Å². The topological polar surface area (TPSA) is 42.6 Å². The summed E-state index contributed by atoms with van der Waals surface area (Å²) in [5.74, 6) is 0. The molecule has 0 bridgehead atoms. The van der Waals surface area contributed by atoms with Crippen LogP contribution in [0.15, 0.2) is 23.0 Å². The van der Waals surface area contributed by atoms with Crippen molar-refractivity contribution in [2.75, 3.05) is 0 Å². The van der Waals surface area contributed by atoms with Gasteiger partial charge in [0, 0.05) is 0 Å². The van der Waals surface area contributed by atoms with Gasteiger partial charge in [-0.15, -0.1) is 0 Å². The van der Waals surface area contributed by atoms with Gasteiger partial charge in [0.05, 0.1) is 23.7 Å². The van der Waals surface area contributed by atoms with Crippen LogP contribution in [0.1, 0.15) is 27.7 Å². The summed E-state index contributed by atoms with van der Waals surface area (Å²) < 4.78 is 10.6. The van der Waals surface area contributed by atoms with Crippen molar-refractivity contribution in [2.24, 2.45) is 0 Å². The Morgan fingerprint density at radius 2 is 2.00 bits per heavy atom. The van der Waals surface area contributed by atoms with E-state index in [4.69, 9.17) is 9.07 Å². The van der Waals surface area contributed by atoms with Gasteiger partial charge in [0.25, 0.3) is 0 Å². The molecule has 0 amide bonds. The van der Waals surface area contributed by atoms with Crippen molar-refractivity contribution < 1.29 is 14.2 Å². The van der Waals surface area contributed by atoms with Crippen LogP contribution < -0.4 is 5.46 Å². The van der Waals surface area contributed by atoms with Gasteiger partial charge >= 0.3 is 7.48 Å². The maximum atomic E-state index is 9.83. The molecule has 0 aliphatic heterocycles. The van der Waals surface area contributed by atoms with Crippen LogP contribution >= 0.6 is 0 Å². The van der Waals surface area contributed by atoms with E-state index in [0.717, 1.165) is 5.46 Å². The molecule has 1 aromatic rings. The molecule has 0 aromatic carbocycles. The molecule has 78 valence electrons. The smallest absolute Gasteiger partial charge is 0.312 e. The van der Waals surface area contributed by atoms with Crippen molar-refractivity contribution in [1.82, 2.24) is 0 Å². The summed E-state index contributed by atoms with van der Waals surface area (Å²) in [4.78, 5) is 0. The lowest BCUT2D eigenvalue weighted by Gasteiger charge is -2.37. The Morgan fingerprint density at radius 3 is 2.43 bits per heavy atom. The first-order valence-electron chi connectivity index (χ1n) is 4.70. The predicted octanol–water partition coefficient (Wildman–Crippen LogP) is 0.823. The Balaban J connectivity index is 2.53. The minimum Gasteiger partial charge on any atom is -0.473 e. The summed E-state index contributed by atoms with van der Waals surface area (Å²) in [7, 11) is 0.452. The lowest BCUT2D eigenvalue weighted by molar-refractivity contribution is -0.0893. The zero-order valence-corrected chi connectivity index (χ0v) is 9.20. The van der Waals surface area contributed by atoms with Crippen LogP contribution in [-0.4, -0.2) is 23.8 Å². The third-order valence-electron chi connectivity index (χ3n) is 2.65. The van der Waals surface area contributed by atoms with Crippen molar-refractivity contribution in [1.29, 1.82) is 0 Å². The highest BCUT2D eigenvalue weighted by Crippen LogP contribution is 2.24. The molecule has 0 radical (unpaired) electrons. The van der Waals surface area contributed by atoms with E-state index in [1.54, 1.807) is 26.4 Å². The van der Waals surface area contributed by atoms with Crippen LogP contribution in [0, 0.1) is 0 Å². The number of hydrogen-bond acceptors (Lipinski definition) is 3. The van der Waals surface area contributed by atoms with Gasteiger partial charge in [0.2, 0.25) is 0 Å². The molecule has 0 spiro atoms. The average Bonchev–Trinajstić information content (AvgIpc) is 2.50. The molecular weight excluding hydrogens is 179 g/mol. The third kappa shape index (κ3) is 2.62. The maximum Gasteiger partial charge on any atom is 0.312 e. The molecule has 3 nitrogen and oxygen atoms in total. The van der Waals surface area contributed by atoms with E-state index in [2.05, 4.69) is 0 Å². The van der Waals surface area contributed by atoms with E-state index in [9.17, 15) is 5.11 Å². The molecule has 4 heteroatoms. The second kappa shape index (κ2) is 3.79. The standard InChI is InChI=1S/C10H17BO3/c1-9(2,12)10(3,4)14-11-8-5-6-13-7-8/h5-7,11-12H,1-4H3. The first-order valence-corrected chi connectivity index (χ1v) is 4.70. The Hall–Kier alpha value is -0.735. The molecular formula is C10H17BO3. The van der Waals surface area contributed by atoms with Crippen LogP contribution in [0.3, 0.4) is 0 Å². The fraction of sp³-hybridized carbons (Fsp3) is 0.600. The van der Waals surface area contributed by atoms with Gasteiger partial charge in [0.15, 0.2) is 0 Å². The van der Waals surface area contributed by atoms with Crippen LogP contribution in [0.5, 0.6) is 0 Å². The van der Waals surface area contributed by atoms with Crippen LogP contribution in [0.2, 0.25) is 0 Å². The van der Waals surface area contributed by atoms with Gasteiger partial charge in [-0.3, -0.25) is 0 Å². The first-order chi connectivity index (χ1) is 6.33. The van der Waals surface area contributed by atoms with Gasteiger partial charge in [-0.25, -0.2) is 0 Å². The fourth-order valence-electron chi connectivity index (χ4n) is 0.815. The molecule has 1 rings (SSSR count). The quantitative estimate of drug-likeness (QED) is 0.725. The predicted molar refractivity (Wildman–Crippen MR) is 57.0 cm³/mol. The van der Waals surface area contributed by atoms with Gasteiger partial charge in [0.1, 0.15) is 0 Å². The number of hydrogen-bond donors (Lipinski definition) is 1. The van der Waals surface area contributed by atoms with Gasteiger partial charge in [-0.1, -0.05) is 0 Å². The molecule has 0 fully saturated rings. The lowest BCUT2D eigenvalue weighted by atomic mass is 9.84. The molecule has 1 aromatic heterocycles. The Bertz CT molecular complexity index is 272. The van der Waals surface area contributed by atoms with E-state index >= 15 is 0 Å². The van der Waals surface area contributed by atoms with Crippen molar-refractivity contribution in [3.8, 4) is 0 Å². The molecule has 1 heterocycles. The zero-order chi connectivity index (χ0) is 10.8. The first kappa shape index (κ1) is 11.3. The van der Waals surface area contributed by atoms with E-state index in [1.165, 1.54) is 0 Å². The molecule has 0 aliphatic carbocycles. The second-order valence-corrected chi connectivity index (χ2v) is 4.49. The molecule has 0 aliphatic rings. The van der Waals surface area contributed by atoms with Gasteiger partial charge < -0.3 is 14.2 Å².